The molecule has 1 saturated heterocycles. The second-order valence-corrected chi connectivity index (χ2v) is 7.80. The maximum atomic E-state index is 11.5. The lowest BCUT2D eigenvalue weighted by atomic mass is 10.0. The van der Waals surface area contributed by atoms with Crippen LogP contribution in [0.4, 0.5) is 0 Å². The predicted molar refractivity (Wildman–Crippen MR) is 70.4 cm³/mol. The quantitative estimate of drug-likeness (QED) is 0.795. The van der Waals surface area contributed by atoms with Crippen molar-refractivity contribution in [2.75, 3.05) is 6.61 Å². The molecule has 19 heavy (non-hydrogen) atoms. The first-order chi connectivity index (χ1) is 8.80. The third-order valence-corrected chi connectivity index (χ3v) is 4.31. The molecule has 1 aromatic rings. The average Bonchev–Trinajstić information content (AvgIpc) is 2.82. The third-order valence-electron chi connectivity index (χ3n) is 3.15. The van der Waals surface area contributed by atoms with E-state index in [1.165, 1.54) is 0 Å². The van der Waals surface area contributed by atoms with E-state index in [1.807, 2.05) is 13.8 Å². The number of halogens is 1. The Labute approximate surface area is 117 Å². The molecule has 2 heterocycles. The Kier molecular flexibility index (Phi) is 4.17. The molecule has 0 bridgehead atoms. The molecular weight excluding hydrogens is 290 g/mol. The molecule has 2 atom stereocenters. The molecule has 6 nitrogen and oxygen atoms in total. The largest absolute Gasteiger partial charge is 0.370 e. The van der Waals surface area contributed by atoms with Gasteiger partial charge < -0.3 is 4.74 Å². The highest BCUT2D eigenvalue weighted by atomic mass is 35.7. The summed E-state index contributed by atoms with van der Waals surface area (Å²) < 4.78 is 30.3. The first-order valence-electron chi connectivity index (χ1n) is 6.30. The summed E-state index contributed by atoms with van der Waals surface area (Å²) >= 11 is 0. The van der Waals surface area contributed by atoms with Gasteiger partial charge in [-0.05, 0) is 18.3 Å². The SMILES string of the molecule is CC(C)Cn1c(C2OCCC2C)nnc1S(=O)(=O)Cl. The van der Waals surface area contributed by atoms with Crippen LogP contribution < -0.4 is 0 Å². The summed E-state index contributed by atoms with van der Waals surface area (Å²) in [6.45, 7) is 7.20. The Bertz CT molecular complexity index is 556. The number of ether oxygens (including phenoxy) is 1. The van der Waals surface area contributed by atoms with Gasteiger partial charge in [0.25, 0.3) is 14.2 Å². The minimum absolute atomic E-state index is 0.194. The maximum Gasteiger partial charge on any atom is 0.296 e. The van der Waals surface area contributed by atoms with Crippen LogP contribution >= 0.6 is 10.7 Å². The lowest BCUT2D eigenvalue weighted by Gasteiger charge is -2.17. The van der Waals surface area contributed by atoms with Crippen molar-refractivity contribution in [1.29, 1.82) is 0 Å². The first-order valence-corrected chi connectivity index (χ1v) is 8.61. The number of nitrogens with zero attached hydrogens (tertiary/aromatic N) is 3. The van der Waals surface area contributed by atoms with E-state index >= 15 is 0 Å². The number of rotatable bonds is 4. The minimum Gasteiger partial charge on any atom is -0.370 e. The molecule has 0 aliphatic carbocycles. The average molecular weight is 308 g/mol. The van der Waals surface area contributed by atoms with Crippen molar-refractivity contribution in [3.05, 3.63) is 5.82 Å². The summed E-state index contributed by atoms with van der Waals surface area (Å²) in [6, 6.07) is 0. The van der Waals surface area contributed by atoms with Crippen LogP contribution in [0.3, 0.4) is 0 Å². The van der Waals surface area contributed by atoms with Gasteiger partial charge in [0.2, 0.25) is 0 Å². The van der Waals surface area contributed by atoms with Crippen molar-refractivity contribution in [2.45, 2.75) is 45.0 Å². The van der Waals surface area contributed by atoms with Gasteiger partial charge in [-0.25, -0.2) is 8.42 Å². The highest BCUT2D eigenvalue weighted by Gasteiger charge is 2.33. The van der Waals surface area contributed by atoms with Crippen LogP contribution in [-0.2, 0) is 20.3 Å². The van der Waals surface area contributed by atoms with Gasteiger partial charge in [-0.3, -0.25) is 4.57 Å². The third kappa shape index (κ3) is 3.09. The van der Waals surface area contributed by atoms with Gasteiger partial charge in [-0.15, -0.1) is 10.2 Å². The van der Waals surface area contributed by atoms with Crippen LogP contribution in [0.1, 0.15) is 39.1 Å². The van der Waals surface area contributed by atoms with Crippen LogP contribution in [0, 0.1) is 11.8 Å². The molecule has 0 radical (unpaired) electrons. The lowest BCUT2D eigenvalue weighted by molar-refractivity contribution is 0.0828. The monoisotopic (exact) mass is 307 g/mol. The molecule has 108 valence electrons. The zero-order valence-electron chi connectivity index (χ0n) is 11.2. The number of hydrogen-bond donors (Lipinski definition) is 0. The first kappa shape index (κ1) is 14.7. The topological polar surface area (TPSA) is 74.1 Å². The van der Waals surface area contributed by atoms with Gasteiger partial charge in [0.15, 0.2) is 5.82 Å². The molecule has 0 N–H and O–H groups in total. The van der Waals surface area contributed by atoms with E-state index < -0.39 is 9.05 Å². The van der Waals surface area contributed by atoms with E-state index in [2.05, 4.69) is 17.1 Å². The highest BCUT2D eigenvalue weighted by molar-refractivity contribution is 8.13. The van der Waals surface area contributed by atoms with Crippen molar-refractivity contribution in [2.24, 2.45) is 11.8 Å². The van der Waals surface area contributed by atoms with Gasteiger partial charge >= 0.3 is 0 Å². The maximum absolute atomic E-state index is 11.5. The summed E-state index contributed by atoms with van der Waals surface area (Å²) in [6.07, 6.45) is 0.723. The van der Waals surface area contributed by atoms with Crippen LogP contribution in [0.15, 0.2) is 5.16 Å². The van der Waals surface area contributed by atoms with Gasteiger partial charge in [-0.2, -0.15) is 0 Å². The van der Waals surface area contributed by atoms with Crippen LogP contribution in [0.2, 0.25) is 0 Å². The Hall–Kier alpha value is -0.660. The highest BCUT2D eigenvalue weighted by Crippen LogP contribution is 2.34. The van der Waals surface area contributed by atoms with Crippen molar-refractivity contribution in [3.8, 4) is 0 Å². The van der Waals surface area contributed by atoms with E-state index in [1.54, 1.807) is 4.57 Å². The number of hydrogen-bond acceptors (Lipinski definition) is 5. The Morgan fingerprint density at radius 3 is 2.63 bits per heavy atom. The smallest absolute Gasteiger partial charge is 0.296 e. The minimum atomic E-state index is -3.90. The Morgan fingerprint density at radius 2 is 2.16 bits per heavy atom. The zero-order valence-corrected chi connectivity index (χ0v) is 12.8. The fourth-order valence-corrected chi connectivity index (χ4v) is 3.17. The fourth-order valence-electron chi connectivity index (χ4n) is 2.25. The normalized spacial score (nSPS) is 24.3. The second kappa shape index (κ2) is 5.38. The lowest BCUT2D eigenvalue weighted by Crippen LogP contribution is -2.17. The summed E-state index contributed by atoms with van der Waals surface area (Å²) in [7, 11) is 1.51. The van der Waals surface area contributed by atoms with Crippen molar-refractivity contribution >= 4 is 19.7 Å². The summed E-state index contributed by atoms with van der Waals surface area (Å²) in [5, 5.41) is 7.53. The van der Waals surface area contributed by atoms with E-state index in [0.29, 0.717) is 24.9 Å². The molecule has 1 fully saturated rings. The van der Waals surface area contributed by atoms with Crippen molar-refractivity contribution in [3.63, 3.8) is 0 Å². The molecule has 1 aliphatic rings. The molecular formula is C11H18ClN3O3S. The van der Waals surface area contributed by atoms with Crippen molar-refractivity contribution in [1.82, 2.24) is 14.8 Å². The molecule has 1 aliphatic heterocycles. The van der Waals surface area contributed by atoms with Gasteiger partial charge in [0.1, 0.15) is 6.10 Å². The molecule has 2 unspecified atom stereocenters. The molecule has 0 spiro atoms. The molecule has 0 amide bonds. The van der Waals surface area contributed by atoms with Crippen LogP contribution in [0.25, 0.3) is 0 Å². The molecule has 1 aromatic heterocycles. The molecule has 0 aromatic carbocycles. The molecule has 8 heteroatoms. The standard InChI is InChI=1S/C11H18ClN3O3S/c1-7(2)6-15-10(9-8(3)4-5-18-9)13-14-11(15)19(12,16)17/h7-9H,4-6H2,1-3H3. The fraction of sp³-hybridized carbons (Fsp3) is 0.818. The summed E-state index contributed by atoms with van der Waals surface area (Å²) in [5.74, 6) is 1.10. The zero-order chi connectivity index (χ0) is 14.2. The van der Waals surface area contributed by atoms with Crippen LogP contribution in [-0.4, -0.2) is 29.8 Å². The van der Waals surface area contributed by atoms with Crippen LogP contribution in [0.5, 0.6) is 0 Å². The Morgan fingerprint density at radius 1 is 1.47 bits per heavy atom. The molecule has 2 rings (SSSR count). The van der Waals surface area contributed by atoms with Gasteiger partial charge in [0, 0.05) is 23.8 Å². The Balaban J connectivity index is 2.46. The van der Waals surface area contributed by atoms with E-state index in [9.17, 15) is 8.42 Å². The second-order valence-electron chi connectivity index (χ2n) is 5.34. The van der Waals surface area contributed by atoms with E-state index in [4.69, 9.17) is 15.4 Å². The summed E-state index contributed by atoms with van der Waals surface area (Å²) in [5.41, 5.74) is 0. The van der Waals surface area contributed by atoms with Gasteiger partial charge in [0.05, 0.1) is 0 Å². The predicted octanol–water partition coefficient (Wildman–Crippen LogP) is 1.96. The summed E-state index contributed by atoms with van der Waals surface area (Å²) in [4.78, 5) is 0. The van der Waals surface area contributed by atoms with Gasteiger partial charge in [-0.1, -0.05) is 20.8 Å². The van der Waals surface area contributed by atoms with E-state index in [0.717, 1.165) is 6.42 Å². The van der Waals surface area contributed by atoms with Crippen molar-refractivity contribution < 1.29 is 13.2 Å². The number of aromatic nitrogens is 3. The molecule has 0 saturated carbocycles. The van der Waals surface area contributed by atoms with E-state index in [-0.39, 0.29) is 17.2 Å².